The smallest absolute Gasteiger partial charge is 0.306 e. The molecule has 376 valence electrons. The Labute approximate surface area is 402 Å². The van der Waals surface area contributed by atoms with Crippen LogP contribution in [0.3, 0.4) is 0 Å². The molecule has 3 atom stereocenters. The molecule has 0 aliphatic carbocycles. The second-order valence-electron chi connectivity index (χ2n) is 18.8. The lowest BCUT2D eigenvalue weighted by molar-refractivity contribution is -0.151. The highest BCUT2D eigenvalue weighted by Crippen LogP contribution is 2.18. The van der Waals surface area contributed by atoms with Crippen molar-refractivity contribution in [2.45, 2.75) is 283 Å². The third-order valence-electron chi connectivity index (χ3n) is 12.4. The van der Waals surface area contributed by atoms with Gasteiger partial charge in [-0.15, -0.1) is 0 Å². The van der Waals surface area contributed by atoms with Crippen molar-refractivity contribution in [3.05, 3.63) is 72.9 Å². The Morgan fingerprint density at radius 1 is 0.446 bits per heavy atom. The van der Waals surface area contributed by atoms with Crippen LogP contribution in [0.2, 0.25) is 0 Å². The summed E-state index contributed by atoms with van der Waals surface area (Å²) in [5.41, 5.74) is 0. The van der Waals surface area contributed by atoms with Gasteiger partial charge in [0.1, 0.15) is 6.10 Å². The van der Waals surface area contributed by atoms with E-state index in [9.17, 15) is 19.8 Å². The number of aliphatic hydroxyl groups is 2. The number of carbonyl (C=O) groups is 2. The van der Waals surface area contributed by atoms with Gasteiger partial charge in [-0.3, -0.25) is 9.59 Å². The molecule has 6 heteroatoms. The van der Waals surface area contributed by atoms with Gasteiger partial charge in [-0.2, -0.15) is 0 Å². The van der Waals surface area contributed by atoms with Gasteiger partial charge in [-0.1, -0.05) is 254 Å². The van der Waals surface area contributed by atoms with Gasteiger partial charge in [0.05, 0.1) is 25.2 Å². The summed E-state index contributed by atoms with van der Waals surface area (Å²) in [7, 11) is 0. The van der Waals surface area contributed by atoms with Gasteiger partial charge in [-0.25, -0.2) is 0 Å². The van der Waals surface area contributed by atoms with Gasteiger partial charge >= 0.3 is 5.97 Å². The lowest BCUT2D eigenvalue weighted by Gasteiger charge is -2.24. The van der Waals surface area contributed by atoms with E-state index in [1.54, 1.807) is 0 Å². The second kappa shape index (κ2) is 52.3. The Morgan fingerprint density at radius 2 is 0.831 bits per heavy atom. The number of ether oxygens (including phenoxy) is 1. The van der Waals surface area contributed by atoms with Crippen molar-refractivity contribution in [1.82, 2.24) is 5.32 Å². The number of aliphatic hydroxyl groups excluding tert-OH is 2. The SMILES string of the molecule is CCC/C=C/C=C/C=C/C=C/C=C/CCCCCC(CC(=O)NC(CO)C(O)CCCCCCCCCCCCCCCCC)OC(=O)CCCCCCCCC/C=C\CCCCCC. The minimum absolute atomic E-state index is 0.0460. The van der Waals surface area contributed by atoms with E-state index in [4.69, 9.17) is 4.74 Å². The van der Waals surface area contributed by atoms with Crippen molar-refractivity contribution < 1.29 is 24.5 Å². The Morgan fingerprint density at radius 3 is 1.32 bits per heavy atom. The van der Waals surface area contributed by atoms with Gasteiger partial charge in [0.2, 0.25) is 5.91 Å². The summed E-state index contributed by atoms with van der Waals surface area (Å²) in [6.45, 7) is 6.39. The third-order valence-corrected chi connectivity index (χ3v) is 12.4. The molecule has 0 heterocycles. The summed E-state index contributed by atoms with van der Waals surface area (Å²) < 4.78 is 5.93. The first kappa shape index (κ1) is 62.3. The molecule has 6 nitrogen and oxygen atoms in total. The number of rotatable bonds is 49. The molecule has 0 aliphatic rings. The molecule has 0 aromatic heterocycles. The van der Waals surface area contributed by atoms with Crippen LogP contribution in [-0.4, -0.2) is 46.9 Å². The van der Waals surface area contributed by atoms with Crippen LogP contribution < -0.4 is 5.32 Å². The quantitative estimate of drug-likeness (QED) is 0.0245. The molecule has 3 unspecified atom stereocenters. The maximum Gasteiger partial charge on any atom is 0.306 e. The number of allylic oxidation sites excluding steroid dienone is 12. The zero-order valence-electron chi connectivity index (χ0n) is 42.9. The standard InChI is InChI=1S/C59H105NO5/c1-4-7-10-13-16-19-22-25-28-31-32-35-38-41-44-47-50-55(65-59(64)52-49-46-43-40-37-34-30-27-24-21-18-15-12-9-6-3)53-58(63)60-56(54-61)57(62)51-48-45-42-39-36-33-29-26-23-20-17-14-11-8-5-2/h10,13,16,19,21-22,24-25,28,31-32,35,55-57,61-62H,4-9,11-12,14-15,17-18,20,23,26-27,29-30,33-34,36-54H2,1-3H3,(H,60,63)/b13-10+,19-16+,24-21-,25-22+,31-28+,35-32+. The molecule has 0 bridgehead atoms. The fraction of sp³-hybridized carbons (Fsp3) is 0.763. The van der Waals surface area contributed by atoms with E-state index in [1.807, 2.05) is 36.5 Å². The minimum Gasteiger partial charge on any atom is -0.462 e. The second-order valence-corrected chi connectivity index (χ2v) is 18.8. The lowest BCUT2D eigenvalue weighted by Crippen LogP contribution is -2.46. The zero-order valence-corrected chi connectivity index (χ0v) is 42.9. The van der Waals surface area contributed by atoms with Crippen LogP contribution in [0.4, 0.5) is 0 Å². The van der Waals surface area contributed by atoms with Crippen molar-refractivity contribution in [3.8, 4) is 0 Å². The summed E-state index contributed by atoms with van der Waals surface area (Å²) in [5, 5.41) is 23.8. The fourth-order valence-electron chi connectivity index (χ4n) is 8.16. The molecule has 0 spiro atoms. The molecule has 1 amide bonds. The highest BCUT2D eigenvalue weighted by Gasteiger charge is 2.24. The number of amides is 1. The van der Waals surface area contributed by atoms with E-state index < -0.39 is 18.2 Å². The number of unbranched alkanes of at least 4 members (excludes halogenated alkanes) is 29. The monoisotopic (exact) mass is 908 g/mol. The molecule has 0 rings (SSSR count). The molecule has 0 aromatic carbocycles. The summed E-state index contributed by atoms with van der Waals surface area (Å²) in [6.07, 6.45) is 66.7. The van der Waals surface area contributed by atoms with Crippen molar-refractivity contribution in [2.75, 3.05) is 6.61 Å². The van der Waals surface area contributed by atoms with Crippen LogP contribution in [-0.2, 0) is 14.3 Å². The summed E-state index contributed by atoms with van der Waals surface area (Å²) in [5.74, 6) is -0.518. The van der Waals surface area contributed by atoms with Crippen LogP contribution in [0.25, 0.3) is 0 Å². The third kappa shape index (κ3) is 47.6. The van der Waals surface area contributed by atoms with Crippen LogP contribution >= 0.6 is 0 Å². The molecule has 3 N–H and O–H groups in total. The summed E-state index contributed by atoms with van der Waals surface area (Å²) in [6, 6.07) is -0.720. The average molecular weight is 908 g/mol. The molecule has 0 saturated heterocycles. The van der Waals surface area contributed by atoms with Crippen LogP contribution in [0, 0.1) is 0 Å². The summed E-state index contributed by atoms with van der Waals surface area (Å²) in [4.78, 5) is 26.2. The largest absolute Gasteiger partial charge is 0.462 e. The van der Waals surface area contributed by atoms with E-state index in [-0.39, 0.29) is 24.9 Å². The number of esters is 1. The highest BCUT2D eigenvalue weighted by atomic mass is 16.5. The van der Waals surface area contributed by atoms with Gasteiger partial charge in [0.25, 0.3) is 0 Å². The molecular weight excluding hydrogens is 803 g/mol. The molecule has 0 radical (unpaired) electrons. The molecule has 0 saturated carbocycles. The number of carbonyl (C=O) groups excluding carboxylic acids is 2. The summed E-state index contributed by atoms with van der Waals surface area (Å²) >= 11 is 0. The number of hydrogen-bond donors (Lipinski definition) is 3. The van der Waals surface area contributed by atoms with Crippen molar-refractivity contribution in [1.29, 1.82) is 0 Å². The highest BCUT2D eigenvalue weighted by molar-refractivity contribution is 5.77. The average Bonchev–Trinajstić information content (AvgIpc) is 3.30. The molecule has 0 aromatic rings. The van der Waals surface area contributed by atoms with E-state index in [1.165, 1.54) is 148 Å². The Kier molecular flexibility index (Phi) is 50.1. The van der Waals surface area contributed by atoms with Crippen LogP contribution in [0.5, 0.6) is 0 Å². The first-order valence-corrected chi connectivity index (χ1v) is 27.7. The number of hydrogen-bond acceptors (Lipinski definition) is 5. The maximum atomic E-state index is 13.2. The van der Waals surface area contributed by atoms with Crippen molar-refractivity contribution >= 4 is 11.9 Å². The lowest BCUT2D eigenvalue weighted by atomic mass is 10.0. The zero-order chi connectivity index (χ0) is 47.4. The Hall–Kier alpha value is -2.70. The minimum atomic E-state index is -0.803. The van der Waals surface area contributed by atoms with Gasteiger partial charge in [-0.05, 0) is 70.6 Å². The maximum absolute atomic E-state index is 13.2. The van der Waals surface area contributed by atoms with E-state index in [0.29, 0.717) is 19.3 Å². The predicted octanol–water partition coefficient (Wildman–Crippen LogP) is 17.0. The molecule has 65 heavy (non-hydrogen) atoms. The first-order valence-electron chi connectivity index (χ1n) is 27.7. The van der Waals surface area contributed by atoms with Crippen LogP contribution in [0.15, 0.2) is 72.9 Å². The van der Waals surface area contributed by atoms with E-state index in [0.717, 1.165) is 70.6 Å². The fourth-order valence-corrected chi connectivity index (χ4v) is 8.16. The first-order chi connectivity index (χ1) is 32.0. The van der Waals surface area contributed by atoms with E-state index >= 15 is 0 Å². The van der Waals surface area contributed by atoms with Crippen molar-refractivity contribution in [3.63, 3.8) is 0 Å². The predicted molar refractivity (Wildman–Crippen MR) is 282 cm³/mol. The normalized spacial score (nSPS) is 13.7. The molecule has 0 fully saturated rings. The van der Waals surface area contributed by atoms with Crippen LogP contribution in [0.1, 0.15) is 265 Å². The van der Waals surface area contributed by atoms with Gasteiger partial charge < -0.3 is 20.3 Å². The molecule has 0 aliphatic heterocycles. The van der Waals surface area contributed by atoms with Gasteiger partial charge in [0, 0.05) is 6.42 Å². The van der Waals surface area contributed by atoms with Gasteiger partial charge in [0.15, 0.2) is 0 Å². The number of nitrogens with one attached hydrogen (secondary N) is 1. The van der Waals surface area contributed by atoms with Crippen molar-refractivity contribution in [2.24, 2.45) is 0 Å². The van der Waals surface area contributed by atoms with E-state index in [2.05, 4.69) is 62.5 Å². The topological polar surface area (TPSA) is 95.9 Å². The molecular formula is C59H105NO5. The Bertz CT molecular complexity index is 1200. The Balaban J connectivity index is 4.66.